The number of piperidine rings is 1. The van der Waals surface area contributed by atoms with Crippen LogP contribution in [0.25, 0.3) is 17.0 Å². The molecule has 2 atom stereocenters. The molecule has 1 aromatic heterocycles. The lowest BCUT2D eigenvalue weighted by molar-refractivity contribution is -0.128. The highest BCUT2D eigenvalue weighted by Crippen LogP contribution is 2.21. The van der Waals surface area contributed by atoms with E-state index in [-0.39, 0.29) is 17.9 Å². The van der Waals surface area contributed by atoms with E-state index < -0.39 is 0 Å². The van der Waals surface area contributed by atoms with Gasteiger partial charge in [-0.25, -0.2) is 0 Å². The minimum atomic E-state index is -0.366. The fourth-order valence-electron chi connectivity index (χ4n) is 2.95. The van der Waals surface area contributed by atoms with E-state index in [1.807, 2.05) is 30.3 Å². The maximum absolute atomic E-state index is 12.3. The monoisotopic (exact) mass is 299 g/mol. The number of rotatable bonds is 3. The van der Waals surface area contributed by atoms with Gasteiger partial charge in [0.25, 0.3) is 0 Å². The van der Waals surface area contributed by atoms with E-state index in [9.17, 15) is 9.90 Å². The zero-order valence-corrected chi connectivity index (χ0v) is 12.7. The first-order chi connectivity index (χ1) is 10.6. The van der Waals surface area contributed by atoms with Crippen LogP contribution < -0.4 is 0 Å². The van der Waals surface area contributed by atoms with Crippen LogP contribution in [0.3, 0.4) is 0 Å². The SMILES string of the molecule is CC(O)C1CCCN(C(=O)/C=C/c2cc3ccccc3o2)C1. The number of carbonyl (C=O) groups is 1. The van der Waals surface area contributed by atoms with Crippen LogP contribution in [0.4, 0.5) is 0 Å². The average molecular weight is 299 g/mol. The molecule has 22 heavy (non-hydrogen) atoms. The van der Waals surface area contributed by atoms with Crippen molar-refractivity contribution < 1.29 is 14.3 Å². The molecule has 3 rings (SSSR count). The summed E-state index contributed by atoms with van der Waals surface area (Å²) in [5.74, 6) is 0.835. The summed E-state index contributed by atoms with van der Waals surface area (Å²) in [6, 6.07) is 9.70. The van der Waals surface area contributed by atoms with Gasteiger partial charge in [-0.15, -0.1) is 0 Å². The van der Waals surface area contributed by atoms with Gasteiger partial charge in [0.05, 0.1) is 6.10 Å². The van der Waals surface area contributed by atoms with E-state index in [1.165, 1.54) is 0 Å². The molecule has 0 aliphatic carbocycles. The molecule has 1 fully saturated rings. The number of benzene rings is 1. The Balaban J connectivity index is 1.67. The molecule has 2 unspecified atom stereocenters. The number of aliphatic hydroxyl groups is 1. The molecule has 0 radical (unpaired) electrons. The molecule has 4 nitrogen and oxygen atoms in total. The van der Waals surface area contributed by atoms with Crippen molar-refractivity contribution in [1.82, 2.24) is 4.90 Å². The second-order valence-electron chi connectivity index (χ2n) is 5.95. The Morgan fingerprint density at radius 2 is 2.27 bits per heavy atom. The van der Waals surface area contributed by atoms with E-state index in [0.29, 0.717) is 12.3 Å². The molecule has 1 aliphatic heterocycles. The first kappa shape index (κ1) is 14.9. The Hall–Kier alpha value is -2.07. The summed E-state index contributed by atoms with van der Waals surface area (Å²) in [5, 5.41) is 10.7. The minimum Gasteiger partial charge on any atom is -0.457 e. The number of hydrogen-bond acceptors (Lipinski definition) is 3. The number of aliphatic hydroxyl groups excluding tert-OH is 1. The Morgan fingerprint density at radius 1 is 1.45 bits per heavy atom. The molecule has 0 saturated carbocycles. The van der Waals surface area contributed by atoms with Crippen molar-refractivity contribution in [3.63, 3.8) is 0 Å². The summed E-state index contributed by atoms with van der Waals surface area (Å²) < 4.78 is 5.67. The van der Waals surface area contributed by atoms with Crippen molar-refractivity contribution >= 4 is 23.0 Å². The van der Waals surface area contributed by atoms with Crippen LogP contribution in [-0.4, -0.2) is 35.1 Å². The second kappa shape index (κ2) is 6.36. The summed E-state index contributed by atoms with van der Waals surface area (Å²) in [5.41, 5.74) is 0.821. The number of furan rings is 1. The highest BCUT2D eigenvalue weighted by Gasteiger charge is 2.25. The number of fused-ring (bicyclic) bond motifs is 1. The molecular weight excluding hydrogens is 278 g/mol. The summed E-state index contributed by atoms with van der Waals surface area (Å²) in [7, 11) is 0. The Labute approximate surface area is 130 Å². The molecule has 1 aliphatic rings. The van der Waals surface area contributed by atoms with Crippen LogP contribution in [0.5, 0.6) is 0 Å². The zero-order valence-electron chi connectivity index (χ0n) is 12.7. The Kier molecular flexibility index (Phi) is 4.29. The van der Waals surface area contributed by atoms with Gasteiger partial charge in [-0.3, -0.25) is 4.79 Å². The lowest BCUT2D eigenvalue weighted by Crippen LogP contribution is -2.42. The van der Waals surface area contributed by atoms with E-state index in [1.54, 1.807) is 24.0 Å². The summed E-state index contributed by atoms with van der Waals surface area (Å²) in [4.78, 5) is 14.1. The zero-order chi connectivity index (χ0) is 15.5. The summed E-state index contributed by atoms with van der Waals surface area (Å²) in [6.45, 7) is 3.18. The van der Waals surface area contributed by atoms with E-state index >= 15 is 0 Å². The molecule has 4 heteroatoms. The third-order valence-electron chi connectivity index (χ3n) is 4.29. The highest BCUT2D eigenvalue weighted by atomic mass is 16.3. The molecule has 2 aromatic rings. The van der Waals surface area contributed by atoms with Crippen molar-refractivity contribution in [1.29, 1.82) is 0 Å². The standard InChI is InChI=1S/C18H21NO3/c1-13(20)15-6-4-10-19(12-15)18(21)9-8-16-11-14-5-2-3-7-17(14)22-16/h2-3,5,7-9,11,13,15,20H,4,6,10,12H2,1H3/b9-8+. The van der Waals surface area contributed by atoms with Gasteiger partial charge in [-0.05, 0) is 38.0 Å². The van der Waals surface area contributed by atoms with Gasteiger partial charge in [0.1, 0.15) is 11.3 Å². The predicted molar refractivity (Wildman–Crippen MR) is 86.2 cm³/mol. The lowest BCUT2D eigenvalue weighted by atomic mass is 9.93. The molecule has 1 amide bonds. The third-order valence-corrected chi connectivity index (χ3v) is 4.29. The van der Waals surface area contributed by atoms with E-state index in [4.69, 9.17) is 4.42 Å². The maximum atomic E-state index is 12.3. The number of carbonyl (C=O) groups excluding carboxylic acids is 1. The van der Waals surface area contributed by atoms with Gasteiger partial charge >= 0.3 is 0 Å². The smallest absolute Gasteiger partial charge is 0.246 e. The van der Waals surface area contributed by atoms with Crippen LogP contribution in [0.2, 0.25) is 0 Å². The van der Waals surface area contributed by atoms with Gasteiger partial charge in [0.2, 0.25) is 5.91 Å². The van der Waals surface area contributed by atoms with Crippen molar-refractivity contribution in [3.05, 3.63) is 42.2 Å². The molecule has 116 valence electrons. The number of likely N-dealkylation sites (tertiary alicyclic amines) is 1. The molecular formula is C18H21NO3. The molecule has 1 aromatic carbocycles. The predicted octanol–water partition coefficient (Wildman–Crippen LogP) is 3.07. The van der Waals surface area contributed by atoms with Gasteiger partial charge in [-0.1, -0.05) is 18.2 Å². The van der Waals surface area contributed by atoms with Crippen LogP contribution in [-0.2, 0) is 4.79 Å². The largest absolute Gasteiger partial charge is 0.457 e. The number of amides is 1. The molecule has 0 spiro atoms. The van der Waals surface area contributed by atoms with Crippen LogP contribution >= 0.6 is 0 Å². The fourth-order valence-corrected chi connectivity index (χ4v) is 2.95. The molecule has 0 bridgehead atoms. The van der Waals surface area contributed by atoms with E-state index in [0.717, 1.165) is 30.4 Å². The van der Waals surface area contributed by atoms with E-state index in [2.05, 4.69) is 0 Å². The van der Waals surface area contributed by atoms with Crippen molar-refractivity contribution in [2.75, 3.05) is 13.1 Å². The normalized spacial score (nSPS) is 20.6. The Morgan fingerprint density at radius 3 is 3.05 bits per heavy atom. The number of hydrogen-bond donors (Lipinski definition) is 1. The number of nitrogens with zero attached hydrogens (tertiary/aromatic N) is 1. The number of para-hydroxylation sites is 1. The molecule has 1 N–H and O–H groups in total. The first-order valence-corrected chi connectivity index (χ1v) is 7.77. The van der Waals surface area contributed by atoms with Crippen molar-refractivity contribution in [2.24, 2.45) is 5.92 Å². The lowest BCUT2D eigenvalue weighted by Gasteiger charge is -2.33. The topological polar surface area (TPSA) is 53.7 Å². The maximum Gasteiger partial charge on any atom is 0.246 e. The van der Waals surface area contributed by atoms with Crippen LogP contribution in [0.1, 0.15) is 25.5 Å². The van der Waals surface area contributed by atoms with Gasteiger partial charge in [0.15, 0.2) is 0 Å². The van der Waals surface area contributed by atoms with Crippen molar-refractivity contribution in [3.8, 4) is 0 Å². The first-order valence-electron chi connectivity index (χ1n) is 7.77. The average Bonchev–Trinajstić information content (AvgIpc) is 2.95. The Bertz CT molecular complexity index is 653. The molecule has 1 saturated heterocycles. The minimum absolute atomic E-state index is 0.0224. The third kappa shape index (κ3) is 3.22. The summed E-state index contributed by atoms with van der Waals surface area (Å²) >= 11 is 0. The molecule has 2 heterocycles. The fraction of sp³-hybridized carbons (Fsp3) is 0.389. The van der Waals surface area contributed by atoms with Crippen molar-refractivity contribution in [2.45, 2.75) is 25.9 Å². The van der Waals surface area contributed by atoms with Gasteiger partial charge in [-0.2, -0.15) is 0 Å². The van der Waals surface area contributed by atoms with Crippen LogP contribution in [0.15, 0.2) is 40.8 Å². The van der Waals surface area contributed by atoms with Gasteiger partial charge in [0, 0.05) is 30.5 Å². The quantitative estimate of drug-likeness (QED) is 0.886. The van der Waals surface area contributed by atoms with Crippen LogP contribution in [0, 0.1) is 5.92 Å². The second-order valence-corrected chi connectivity index (χ2v) is 5.95. The van der Waals surface area contributed by atoms with Gasteiger partial charge < -0.3 is 14.4 Å². The highest BCUT2D eigenvalue weighted by molar-refractivity contribution is 5.92. The summed E-state index contributed by atoms with van der Waals surface area (Å²) in [6.07, 6.45) is 4.83.